The quantitative estimate of drug-likeness (QED) is 0.243. The van der Waals surface area contributed by atoms with Crippen molar-refractivity contribution in [3.8, 4) is 23.0 Å². The lowest BCUT2D eigenvalue weighted by Gasteiger charge is -2.06. The zero-order chi connectivity index (χ0) is 23.2. The number of aryl methyl sites for hydroxylation is 1. The van der Waals surface area contributed by atoms with E-state index >= 15 is 0 Å². The van der Waals surface area contributed by atoms with Crippen LogP contribution in [0.3, 0.4) is 0 Å². The molecule has 0 unspecified atom stereocenters. The molecule has 168 valence electrons. The first-order valence-electron chi connectivity index (χ1n) is 9.91. The standard InChI is InChI=1S/C24H19ClN2O6/c1-15-10-19(7-8-20(15)25)30-13-23(28)27-26-12-16-2-5-18(6-3-16)33-24(29)17-4-9-21-22(11-17)32-14-31-21/h2-12H,13-14H2,1H3,(H,27,28)/b26-12+. The van der Waals surface area contributed by atoms with Crippen LogP contribution in [0.2, 0.25) is 5.02 Å². The molecule has 1 aliphatic heterocycles. The number of halogens is 1. The molecule has 33 heavy (non-hydrogen) atoms. The molecule has 3 aromatic rings. The van der Waals surface area contributed by atoms with Crippen LogP contribution in [0.5, 0.6) is 23.0 Å². The fraction of sp³-hybridized carbons (Fsp3) is 0.125. The van der Waals surface area contributed by atoms with Crippen molar-refractivity contribution in [2.75, 3.05) is 13.4 Å². The van der Waals surface area contributed by atoms with E-state index in [1.807, 2.05) is 6.92 Å². The van der Waals surface area contributed by atoms with Crippen molar-refractivity contribution in [2.45, 2.75) is 6.92 Å². The van der Waals surface area contributed by atoms with Crippen LogP contribution in [0, 0.1) is 6.92 Å². The average Bonchev–Trinajstić information content (AvgIpc) is 3.29. The molecule has 0 aromatic heterocycles. The van der Waals surface area contributed by atoms with Gasteiger partial charge in [-0.15, -0.1) is 0 Å². The minimum atomic E-state index is -0.516. The third-order valence-electron chi connectivity index (χ3n) is 4.60. The van der Waals surface area contributed by atoms with Crippen molar-refractivity contribution < 1.29 is 28.5 Å². The number of benzene rings is 3. The number of hydrogen-bond donors (Lipinski definition) is 1. The molecule has 0 aliphatic carbocycles. The van der Waals surface area contributed by atoms with Gasteiger partial charge in [0.2, 0.25) is 6.79 Å². The number of ether oxygens (including phenoxy) is 4. The van der Waals surface area contributed by atoms with Gasteiger partial charge in [0.05, 0.1) is 11.8 Å². The molecule has 1 N–H and O–H groups in total. The molecular weight excluding hydrogens is 448 g/mol. The second kappa shape index (κ2) is 10.1. The van der Waals surface area contributed by atoms with Crippen LogP contribution >= 0.6 is 11.6 Å². The molecule has 1 heterocycles. The summed E-state index contributed by atoms with van der Waals surface area (Å²) >= 11 is 5.96. The third kappa shape index (κ3) is 5.81. The van der Waals surface area contributed by atoms with Gasteiger partial charge in [-0.05, 0) is 78.7 Å². The Bertz CT molecular complexity index is 1210. The molecule has 0 bridgehead atoms. The summed E-state index contributed by atoms with van der Waals surface area (Å²) in [6.07, 6.45) is 1.47. The second-order valence-electron chi connectivity index (χ2n) is 7.02. The minimum Gasteiger partial charge on any atom is -0.484 e. The van der Waals surface area contributed by atoms with E-state index in [0.29, 0.717) is 39.1 Å². The maximum absolute atomic E-state index is 12.3. The highest BCUT2D eigenvalue weighted by Gasteiger charge is 2.17. The largest absolute Gasteiger partial charge is 0.484 e. The van der Waals surface area contributed by atoms with Crippen molar-refractivity contribution in [3.05, 3.63) is 82.4 Å². The Labute approximate surface area is 194 Å². The van der Waals surface area contributed by atoms with Crippen molar-refractivity contribution in [3.63, 3.8) is 0 Å². The number of nitrogens with zero attached hydrogens (tertiary/aromatic N) is 1. The maximum atomic E-state index is 12.3. The van der Waals surface area contributed by atoms with Crippen LogP contribution in [0.1, 0.15) is 21.5 Å². The van der Waals surface area contributed by atoms with Crippen LogP contribution in [-0.2, 0) is 4.79 Å². The van der Waals surface area contributed by atoms with Crippen LogP contribution in [0.4, 0.5) is 0 Å². The number of esters is 1. The number of carbonyl (C=O) groups is 2. The smallest absolute Gasteiger partial charge is 0.343 e. The molecule has 0 saturated heterocycles. The SMILES string of the molecule is Cc1cc(OCC(=O)N/N=C/c2ccc(OC(=O)c3ccc4c(c3)OCO4)cc2)ccc1Cl. The summed E-state index contributed by atoms with van der Waals surface area (Å²) in [5.41, 5.74) is 4.30. The first-order chi connectivity index (χ1) is 16.0. The Kier molecular flexibility index (Phi) is 6.75. The van der Waals surface area contributed by atoms with Gasteiger partial charge in [0.1, 0.15) is 11.5 Å². The topological polar surface area (TPSA) is 95.5 Å². The zero-order valence-corrected chi connectivity index (χ0v) is 18.3. The third-order valence-corrected chi connectivity index (χ3v) is 5.03. The van der Waals surface area contributed by atoms with E-state index in [2.05, 4.69) is 10.5 Å². The van der Waals surface area contributed by atoms with E-state index in [1.165, 1.54) is 6.21 Å². The minimum absolute atomic E-state index is 0.131. The Morgan fingerprint density at radius 2 is 1.79 bits per heavy atom. The highest BCUT2D eigenvalue weighted by Crippen LogP contribution is 2.32. The molecule has 9 heteroatoms. The van der Waals surface area contributed by atoms with E-state index in [0.717, 1.165) is 5.56 Å². The van der Waals surface area contributed by atoms with Gasteiger partial charge in [0, 0.05) is 5.02 Å². The normalized spacial score (nSPS) is 11.9. The van der Waals surface area contributed by atoms with E-state index in [4.69, 9.17) is 30.5 Å². The van der Waals surface area contributed by atoms with E-state index in [-0.39, 0.29) is 13.4 Å². The molecule has 0 fully saturated rings. The highest BCUT2D eigenvalue weighted by atomic mass is 35.5. The van der Waals surface area contributed by atoms with Crippen LogP contribution < -0.4 is 24.4 Å². The predicted molar refractivity (Wildman–Crippen MR) is 121 cm³/mol. The number of hydrogen-bond acceptors (Lipinski definition) is 7. The molecule has 3 aromatic carbocycles. The summed E-state index contributed by atoms with van der Waals surface area (Å²) in [7, 11) is 0. The lowest BCUT2D eigenvalue weighted by atomic mass is 10.2. The van der Waals surface area contributed by atoms with Gasteiger partial charge in [0.15, 0.2) is 18.1 Å². The van der Waals surface area contributed by atoms with E-state index < -0.39 is 11.9 Å². The van der Waals surface area contributed by atoms with Crippen molar-refractivity contribution in [1.29, 1.82) is 0 Å². The molecule has 1 aliphatic rings. The number of fused-ring (bicyclic) bond motifs is 1. The van der Waals surface area contributed by atoms with Gasteiger partial charge >= 0.3 is 5.97 Å². The Balaban J connectivity index is 1.25. The first-order valence-corrected chi connectivity index (χ1v) is 10.3. The molecule has 0 spiro atoms. The average molecular weight is 467 g/mol. The Hall–Kier alpha value is -4.04. The summed E-state index contributed by atoms with van der Waals surface area (Å²) in [5.74, 6) is 1.08. The van der Waals surface area contributed by atoms with Gasteiger partial charge in [-0.3, -0.25) is 4.79 Å². The summed E-state index contributed by atoms with van der Waals surface area (Å²) in [6, 6.07) is 16.6. The summed E-state index contributed by atoms with van der Waals surface area (Å²) < 4.78 is 21.3. The maximum Gasteiger partial charge on any atom is 0.343 e. The second-order valence-corrected chi connectivity index (χ2v) is 7.43. The summed E-state index contributed by atoms with van der Waals surface area (Å²) in [4.78, 5) is 24.2. The van der Waals surface area contributed by atoms with Crippen molar-refractivity contribution in [1.82, 2.24) is 5.43 Å². The number of amides is 1. The number of hydrazone groups is 1. The van der Waals surface area contributed by atoms with Crippen LogP contribution in [0.15, 0.2) is 65.8 Å². The van der Waals surface area contributed by atoms with Crippen molar-refractivity contribution >= 4 is 29.7 Å². The fourth-order valence-electron chi connectivity index (χ4n) is 2.88. The van der Waals surface area contributed by atoms with Gasteiger partial charge in [-0.1, -0.05) is 11.6 Å². The number of nitrogens with one attached hydrogen (secondary N) is 1. The van der Waals surface area contributed by atoms with Crippen LogP contribution in [0.25, 0.3) is 0 Å². The van der Waals surface area contributed by atoms with Crippen LogP contribution in [-0.4, -0.2) is 31.5 Å². The molecule has 0 atom stereocenters. The van der Waals surface area contributed by atoms with Gasteiger partial charge in [-0.25, -0.2) is 10.2 Å². The summed E-state index contributed by atoms with van der Waals surface area (Å²) in [5, 5.41) is 4.53. The van der Waals surface area contributed by atoms with Gasteiger partial charge < -0.3 is 18.9 Å². The lowest BCUT2D eigenvalue weighted by molar-refractivity contribution is -0.123. The molecule has 0 saturated carbocycles. The van der Waals surface area contributed by atoms with Crippen molar-refractivity contribution in [2.24, 2.45) is 5.10 Å². The Morgan fingerprint density at radius 3 is 2.58 bits per heavy atom. The monoisotopic (exact) mass is 466 g/mol. The molecular formula is C24H19ClN2O6. The molecule has 1 amide bonds. The molecule has 8 nitrogen and oxygen atoms in total. The fourth-order valence-corrected chi connectivity index (χ4v) is 3.00. The zero-order valence-electron chi connectivity index (χ0n) is 17.5. The first kappa shape index (κ1) is 22.2. The number of carbonyl (C=O) groups excluding carboxylic acids is 2. The lowest BCUT2D eigenvalue weighted by Crippen LogP contribution is -2.24. The summed E-state index contributed by atoms with van der Waals surface area (Å²) in [6.45, 7) is 1.79. The number of rotatable bonds is 7. The predicted octanol–water partition coefficient (Wildman–Crippen LogP) is 4.13. The molecule has 4 rings (SSSR count). The van der Waals surface area contributed by atoms with E-state index in [9.17, 15) is 9.59 Å². The van der Waals surface area contributed by atoms with E-state index in [1.54, 1.807) is 60.7 Å². The van der Waals surface area contributed by atoms with Gasteiger partial charge in [-0.2, -0.15) is 5.10 Å². The highest BCUT2D eigenvalue weighted by molar-refractivity contribution is 6.31. The van der Waals surface area contributed by atoms with Gasteiger partial charge in [0.25, 0.3) is 5.91 Å². The molecule has 0 radical (unpaired) electrons. The Morgan fingerprint density at radius 1 is 1.03 bits per heavy atom.